The SMILES string of the molecule is O=C(OCc1ccccc1)c1ncc(C(F)(F)F)cc1-n1cc(C(F)(F)F)cc(Cl)c1=O. The van der Waals surface area contributed by atoms with Crippen molar-refractivity contribution >= 4 is 17.6 Å². The van der Waals surface area contributed by atoms with Crippen molar-refractivity contribution in [3.8, 4) is 5.69 Å². The van der Waals surface area contributed by atoms with Crippen molar-refractivity contribution in [2.24, 2.45) is 0 Å². The Morgan fingerprint density at radius 2 is 1.62 bits per heavy atom. The Hall–Kier alpha value is -3.34. The maximum Gasteiger partial charge on any atom is 0.417 e. The first kappa shape index (κ1) is 23.3. The first-order chi connectivity index (χ1) is 14.9. The Morgan fingerprint density at radius 3 is 2.22 bits per heavy atom. The van der Waals surface area contributed by atoms with Crippen LogP contribution in [0.5, 0.6) is 0 Å². The van der Waals surface area contributed by atoms with E-state index >= 15 is 0 Å². The monoisotopic (exact) mass is 476 g/mol. The molecule has 0 unspecified atom stereocenters. The van der Waals surface area contributed by atoms with E-state index in [1.54, 1.807) is 30.3 Å². The third-order valence-electron chi connectivity index (χ3n) is 4.16. The van der Waals surface area contributed by atoms with Crippen molar-refractivity contribution in [1.82, 2.24) is 9.55 Å². The van der Waals surface area contributed by atoms with Crippen molar-refractivity contribution in [3.05, 3.63) is 92.6 Å². The number of alkyl halides is 6. The molecule has 168 valence electrons. The van der Waals surface area contributed by atoms with Crippen molar-refractivity contribution in [2.45, 2.75) is 19.0 Å². The van der Waals surface area contributed by atoms with Crippen LogP contribution in [0.4, 0.5) is 26.3 Å². The van der Waals surface area contributed by atoms with Gasteiger partial charge < -0.3 is 4.74 Å². The van der Waals surface area contributed by atoms with Gasteiger partial charge in [-0.1, -0.05) is 41.9 Å². The Labute approximate surface area is 180 Å². The lowest BCUT2D eigenvalue weighted by atomic mass is 10.2. The quantitative estimate of drug-likeness (QED) is 0.380. The summed E-state index contributed by atoms with van der Waals surface area (Å²) in [6.07, 6.45) is -9.38. The maximum atomic E-state index is 13.2. The van der Waals surface area contributed by atoms with Gasteiger partial charge in [0.25, 0.3) is 5.56 Å². The lowest BCUT2D eigenvalue weighted by Gasteiger charge is -2.16. The zero-order valence-corrected chi connectivity index (χ0v) is 16.4. The van der Waals surface area contributed by atoms with Gasteiger partial charge in [0.1, 0.15) is 11.6 Å². The van der Waals surface area contributed by atoms with Crippen LogP contribution in [0.25, 0.3) is 5.69 Å². The van der Waals surface area contributed by atoms with Crippen LogP contribution in [0.15, 0.2) is 59.7 Å². The number of nitrogens with zero attached hydrogens (tertiary/aromatic N) is 2. The zero-order chi connectivity index (χ0) is 23.7. The molecule has 3 rings (SSSR count). The van der Waals surface area contributed by atoms with Crippen LogP contribution in [-0.2, 0) is 23.7 Å². The fourth-order valence-corrected chi connectivity index (χ4v) is 2.83. The van der Waals surface area contributed by atoms with Gasteiger partial charge in [0.15, 0.2) is 5.69 Å². The number of rotatable bonds is 4. The zero-order valence-electron chi connectivity index (χ0n) is 15.7. The van der Waals surface area contributed by atoms with E-state index < -0.39 is 51.4 Å². The molecule has 0 atom stereocenters. The summed E-state index contributed by atoms with van der Waals surface area (Å²) in [7, 11) is 0. The summed E-state index contributed by atoms with van der Waals surface area (Å²) in [5, 5.41) is -0.916. The molecule has 2 heterocycles. The maximum absolute atomic E-state index is 13.2. The van der Waals surface area contributed by atoms with Crippen molar-refractivity contribution in [3.63, 3.8) is 0 Å². The molecule has 5 nitrogen and oxygen atoms in total. The van der Waals surface area contributed by atoms with Crippen LogP contribution in [0.3, 0.4) is 0 Å². The Bertz CT molecular complexity index is 1210. The molecule has 0 spiro atoms. The summed E-state index contributed by atoms with van der Waals surface area (Å²) in [6.45, 7) is -0.292. The molecule has 0 amide bonds. The van der Waals surface area contributed by atoms with Crippen LogP contribution in [-0.4, -0.2) is 15.5 Å². The number of carbonyl (C=O) groups is 1. The molecular formula is C20H11ClF6N2O3. The van der Waals surface area contributed by atoms with Crippen LogP contribution in [0.1, 0.15) is 27.2 Å². The first-order valence-electron chi connectivity index (χ1n) is 8.66. The van der Waals surface area contributed by atoms with Crippen molar-refractivity contribution in [1.29, 1.82) is 0 Å². The predicted molar refractivity (Wildman–Crippen MR) is 100 cm³/mol. The fourth-order valence-electron chi connectivity index (χ4n) is 2.62. The number of ether oxygens (including phenoxy) is 1. The van der Waals surface area contributed by atoms with Gasteiger partial charge in [0, 0.05) is 12.4 Å². The van der Waals surface area contributed by atoms with Gasteiger partial charge in [-0.15, -0.1) is 0 Å². The molecule has 0 saturated heterocycles. The second kappa shape index (κ2) is 8.65. The number of benzene rings is 1. The molecule has 0 bridgehead atoms. The molecule has 0 aliphatic rings. The summed E-state index contributed by atoms with van der Waals surface area (Å²) in [4.78, 5) is 28.3. The molecule has 0 aliphatic heterocycles. The van der Waals surface area contributed by atoms with E-state index in [1.807, 2.05) is 0 Å². The highest BCUT2D eigenvalue weighted by molar-refractivity contribution is 6.30. The topological polar surface area (TPSA) is 61.2 Å². The number of esters is 1. The summed E-state index contributed by atoms with van der Waals surface area (Å²) >= 11 is 5.59. The number of hydrogen-bond acceptors (Lipinski definition) is 4. The van der Waals surface area contributed by atoms with Gasteiger partial charge in [0.05, 0.1) is 16.8 Å². The first-order valence-corrected chi connectivity index (χ1v) is 9.04. The summed E-state index contributed by atoms with van der Waals surface area (Å²) in [5.74, 6) is -1.25. The van der Waals surface area contributed by atoms with E-state index in [1.165, 1.54) is 0 Å². The minimum atomic E-state index is -4.97. The van der Waals surface area contributed by atoms with E-state index in [0.717, 1.165) is 0 Å². The second-order valence-corrected chi connectivity index (χ2v) is 6.81. The molecule has 3 aromatic rings. The average molecular weight is 477 g/mol. The molecule has 2 aromatic heterocycles. The van der Waals surface area contributed by atoms with E-state index in [2.05, 4.69) is 4.98 Å². The third kappa shape index (κ3) is 5.10. The fraction of sp³-hybridized carbons (Fsp3) is 0.150. The smallest absolute Gasteiger partial charge is 0.417 e. The van der Waals surface area contributed by atoms with Crippen LogP contribution in [0.2, 0.25) is 5.02 Å². The van der Waals surface area contributed by atoms with E-state index in [9.17, 15) is 35.9 Å². The van der Waals surface area contributed by atoms with Gasteiger partial charge in [-0.25, -0.2) is 9.78 Å². The van der Waals surface area contributed by atoms with Gasteiger partial charge in [-0.05, 0) is 17.7 Å². The molecule has 0 aliphatic carbocycles. The highest BCUT2D eigenvalue weighted by Crippen LogP contribution is 2.33. The summed E-state index contributed by atoms with van der Waals surface area (Å²) in [5.41, 5.74) is -5.22. The molecule has 0 fully saturated rings. The lowest BCUT2D eigenvalue weighted by Crippen LogP contribution is -2.25. The van der Waals surface area contributed by atoms with Gasteiger partial charge >= 0.3 is 18.3 Å². The molecule has 0 saturated carbocycles. The number of halogens is 7. The van der Waals surface area contributed by atoms with Crippen LogP contribution in [0, 0.1) is 0 Å². The Kier molecular flexibility index (Phi) is 6.31. The summed E-state index contributed by atoms with van der Waals surface area (Å²) in [6, 6.07) is 8.85. The highest BCUT2D eigenvalue weighted by Gasteiger charge is 2.35. The minimum Gasteiger partial charge on any atom is -0.456 e. The molecule has 0 N–H and O–H groups in total. The van der Waals surface area contributed by atoms with Crippen LogP contribution < -0.4 is 5.56 Å². The predicted octanol–water partition coefficient (Wildman–Crippen LogP) is 5.28. The number of hydrogen-bond donors (Lipinski definition) is 0. The van der Waals surface area contributed by atoms with E-state index in [-0.39, 0.29) is 17.4 Å². The molecule has 0 radical (unpaired) electrons. The van der Waals surface area contributed by atoms with Crippen LogP contribution >= 0.6 is 11.6 Å². The van der Waals surface area contributed by atoms with Gasteiger partial charge in [-0.2, -0.15) is 26.3 Å². The molecule has 32 heavy (non-hydrogen) atoms. The van der Waals surface area contributed by atoms with Gasteiger partial charge in [0.2, 0.25) is 0 Å². The third-order valence-corrected chi connectivity index (χ3v) is 4.43. The number of aromatic nitrogens is 2. The van der Waals surface area contributed by atoms with Crippen molar-refractivity contribution < 1.29 is 35.9 Å². The standard InChI is InChI=1S/C20H11ClF6N2O3/c21-14-6-13(20(25,26)27)9-29(17(14)30)15-7-12(19(22,23)24)8-28-16(15)18(31)32-10-11-4-2-1-3-5-11/h1-9H,10H2. The summed E-state index contributed by atoms with van der Waals surface area (Å²) < 4.78 is 84.3. The number of carbonyl (C=O) groups excluding carboxylic acids is 1. The second-order valence-electron chi connectivity index (χ2n) is 6.40. The average Bonchev–Trinajstić information content (AvgIpc) is 2.72. The van der Waals surface area contributed by atoms with Crippen molar-refractivity contribution in [2.75, 3.05) is 0 Å². The van der Waals surface area contributed by atoms with Gasteiger partial charge in [-0.3, -0.25) is 9.36 Å². The van der Waals surface area contributed by atoms with E-state index in [4.69, 9.17) is 16.3 Å². The minimum absolute atomic E-state index is 0.187. The molecular weight excluding hydrogens is 466 g/mol. The highest BCUT2D eigenvalue weighted by atomic mass is 35.5. The Balaban J connectivity index is 2.14. The largest absolute Gasteiger partial charge is 0.456 e. The molecule has 12 heteroatoms. The Morgan fingerprint density at radius 1 is 1.00 bits per heavy atom. The van der Waals surface area contributed by atoms with E-state index in [0.29, 0.717) is 23.9 Å². The number of pyridine rings is 2. The lowest BCUT2D eigenvalue weighted by molar-refractivity contribution is -0.139. The normalized spacial score (nSPS) is 12.0. The molecule has 1 aromatic carbocycles.